The van der Waals surface area contributed by atoms with Crippen LogP contribution in [0, 0.1) is 0 Å². The summed E-state index contributed by atoms with van der Waals surface area (Å²) in [6.07, 6.45) is 8.85. The second kappa shape index (κ2) is 6.01. The minimum atomic E-state index is 0.596. The second-order valence-electron chi connectivity index (χ2n) is 6.46. The fourth-order valence-corrected chi connectivity index (χ4v) is 3.30. The van der Waals surface area contributed by atoms with Crippen molar-refractivity contribution >= 4 is 10.9 Å². The van der Waals surface area contributed by atoms with Gasteiger partial charge in [0.15, 0.2) is 0 Å². The van der Waals surface area contributed by atoms with Gasteiger partial charge in [-0.25, -0.2) is 0 Å². The number of aromatic amines is 1. The van der Waals surface area contributed by atoms with Crippen LogP contribution in [0.3, 0.4) is 0 Å². The van der Waals surface area contributed by atoms with E-state index in [-0.39, 0.29) is 0 Å². The molecule has 1 aliphatic rings. The molecule has 2 heteroatoms. The Labute approximate surface area is 122 Å². The Kier molecular flexibility index (Phi) is 4.11. The number of nitrogens with one attached hydrogen (secondary N) is 2. The van der Waals surface area contributed by atoms with Gasteiger partial charge in [0, 0.05) is 23.1 Å². The van der Waals surface area contributed by atoms with Gasteiger partial charge in [-0.2, -0.15) is 0 Å². The standard InChI is InChI=1S/C18H26N2/c1-13(2)14-7-8-18-17(11-14)15(12-20-18)9-10-19-16-5-3-4-6-16/h7-8,11-13,16,19-20H,3-6,9-10H2,1-2H3. The smallest absolute Gasteiger partial charge is 0.0456 e. The van der Waals surface area contributed by atoms with Crippen LogP contribution in [0.1, 0.15) is 56.6 Å². The third-order valence-electron chi connectivity index (χ3n) is 4.64. The maximum absolute atomic E-state index is 3.71. The Bertz CT molecular complexity index is 562. The van der Waals surface area contributed by atoms with E-state index in [4.69, 9.17) is 0 Å². The largest absolute Gasteiger partial charge is 0.361 e. The summed E-state index contributed by atoms with van der Waals surface area (Å²) in [7, 11) is 0. The van der Waals surface area contributed by atoms with E-state index in [2.05, 4.69) is 48.5 Å². The van der Waals surface area contributed by atoms with Gasteiger partial charge in [-0.1, -0.05) is 32.8 Å². The summed E-state index contributed by atoms with van der Waals surface area (Å²) in [4.78, 5) is 3.40. The van der Waals surface area contributed by atoms with Crippen molar-refractivity contribution in [3.8, 4) is 0 Å². The number of benzene rings is 1. The first kappa shape index (κ1) is 13.7. The first-order valence-electron chi connectivity index (χ1n) is 8.07. The van der Waals surface area contributed by atoms with Crippen LogP contribution in [0.15, 0.2) is 24.4 Å². The average Bonchev–Trinajstić information content (AvgIpc) is 3.08. The van der Waals surface area contributed by atoms with Gasteiger partial charge in [0.2, 0.25) is 0 Å². The molecular weight excluding hydrogens is 244 g/mol. The number of rotatable bonds is 5. The molecule has 0 saturated heterocycles. The molecule has 0 bridgehead atoms. The number of H-pyrrole nitrogens is 1. The Morgan fingerprint density at radius 2 is 2.05 bits per heavy atom. The Morgan fingerprint density at radius 1 is 1.25 bits per heavy atom. The maximum Gasteiger partial charge on any atom is 0.0456 e. The van der Waals surface area contributed by atoms with Gasteiger partial charge in [-0.3, -0.25) is 0 Å². The summed E-state index contributed by atoms with van der Waals surface area (Å²) in [6.45, 7) is 5.62. The molecule has 2 aromatic rings. The van der Waals surface area contributed by atoms with Gasteiger partial charge in [-0.15, -0.1) is 0 Å². The molecule has 2 N–H and O–H groups in total. The summed E-state index contributed by atoms with van der Waals surface area (Å²) >= 11 is 0. The molecule has 0 unspecified atom stereocenters. The zero-order valence-corrected chi connectivity index (χ0v) is 12.7. The van der Waals surface area contributed by atoms with Crippen molar-refractivity contribution in [2.24, 2.45) is 0 Å². The molecule has 1 saturated carbocycles. The van der Waals surface area contributed by atoms with Crippen molar-refractivity contribution < 1.29 is 0 Å². The molecule has 20 heavy (non-hydrogen) atoms. The molecule has 0 radical (unpaired) electrons. The molecule has 1 aromatic carbocycles. The lowest BCUT2D eigenvalue weighted by Gasteiger charge is -2.11. The SMILES string of the molecule is CC(C)c1ccc2[nH]cc(CCNC3CCCC3)c2c1. The zero-order chi connectivity index (χ0) is 13.9. The normalized spacial score (nSPS) is 16.6. The molecule has 0 aliphatic heterocycles. The van der Waals surface area contributed by atoms with Gasteiger partial charge in [-0.05, 0) is 55.0 Å². The lowest BCUT2D eigenvalue weighted by molar-refractivity contribution is 0.528. The summed E-state index contributed by atoms with van der Waals surface area (Å²) < 4.78 is 0. The van der Waals surface area contributed by atoms with Gasteiger partial charge in [0.25, 0.3) is 0 Å². The quantitative estimate of drug-likeness (QED) is 0.829. The molecule has 3 rings (SSSR count). The highest BCUT2D eigenvalue weighted by molar-refractivity contribution is 5.84. The van der Waals surface area contributed by atoms with Crippen LogP contribution < -0.4 is 5.32 Å². The minimum absolute atomic E-state index is 0.596. The van der Waals surface area contributed by atoms with E-state index in [1.165, 1.54) is 47.7 Å². The van der Waals surface area contributed by atoms with Crippen LogP contribution >= 0.6 is 0 Å². The van der Waals surface area contributed by atoms with Crippen LogP contribution in [0.25, 0.3) is 10.9 Å². The van der Waals surface area contributed by atoms with E-state index >= 15 is 0 Å². The highest BCUT2D eigenvalue weighted by atomic mass is 14.9. The van der Waals surface area contributed by atoms with Gasteiger partial charge in [0.1, 0.15) is 0 Å². The van der Waals surface area contributed by atoms with Crippen molar-refractivity contribution in [3.63, 3.8) is 0 Å². The van der Waals surface area contributed by atoms with Crippen molar-refractivity contribution in [2.45, 2.75) is 57.9 Å². The molecule has 108 valence electrons. The van der Waals surface area contributed by atoms with Crippen LogP contribution in [0.2, 0.25) is 0 Å². The maximum atomic E-state index is 3.71. The second-order valence-corrected chi connectivity index (χ2v) is 6.46. The van der Waals surface area contributed by atoms with Crippen LogP contribution in [-0.2, 0) is 6.42 Å². The van der Waals surface area contributed by atoms with Gasteiger partial charge in [0.05, 0.1) is 0 Å². The summed E-state index contributed by atoms with van der Waals surface area (Å²) in [5, 5.41) is 5.11. The molecule has 2 nitrogen and oxygen atoms in total. The number of hydrogen-bond donors (Lipinski definition) is 2. The van der Waals surface area contributed by atoms with Crippen LogP contribution in [0.5, 0.6) is 0 Å². The zero-order valence-electron chi connectivity index (χ0n) is 12.7. The molecular formula is C18H26N2. The Morgan fingerprint density at radius 3 is 2.80 bits per heavy atom. The van der Waals surface area contributed by atoms with Gasteiger partial charge >= 0.3 is 0 Å². The van der Waals surface area contributed by atoms with E-state index in [0.29, 0.717) is 5.92 Å². The topological polar surface area (TPSA) is 27.8 Å². The predicted molar refractivity (Wildman–Crippen MR) is 86.4 cm³/mol. The number of aromatic nitrogens is 1. The lowest BCUT2D eigenvalue weighted by Crippen LogP contribution is -2.27. The molecule has 0 amide bonds. The molecule has 1 heterocycles. The van der Waals surface area contributed by atoms with Crippen molar-refractivity contribution in [1.82, 2.24) is 10.3 Å². The van der Waals surface area contributed by atoms with E-state index in [1.54, 1.807) is 0 Å². The Hall–Kier alpha value is -1.28. The lowest BCUT2D eigenvalue weighted by atomic mass is 10.00. The summed E-state index contributed by atoms with van der Waals surface area (Å²) in [6, 6.07) is 7.59. The van der Waals surface area contributed by atoms with Crippen LogP contribution in [-0.4, -0.2) is 17.6 Å². The third kappa shape index (κ3) is 2.90. The average molecular weight is 270 g/mol. The Balaban J connectivity index is 1.68. The predicted octanol–water partition coefficient (Wildman–Crippen LogP) is 4.37. The molecule has 0 atom stereocenters. The summed E-state index contributed by atoms with van der Waals surface area (Å²) in [5.41, 5.74) is 4.15. The van der Waals surface area contributed by atoms with E-state index in [0.717, 1.165) is 19.0 Å². The number of fused-ring (bicyclic) bond motifs is 1. The minimum Gasteiger partial charge on any atom is -0.361 e. The van der Waals surface area contributed by atoms with Crippen molar-refractivity contribution in [3.05, 3.63) is 35.5 Å². The van der Waals surface area contributed by atoms with E-state index < -0.39 is 0 Å². The molecule has 1 fully saturated rings. The number of hydrogen-bond acceptors (Lipinski definition) is 1. The summed E-state index contributed by atoms with van der Waals surface area (Å²) in [5.74, 6) is 0.596. The van der Waals surface area contributed by atoms with E-state index in [9.17, 15) is 0 Å². The fraction of sp³-hybridized carbons (Fsp3) is 0.556. The van der Waals surface area contributed by atoms with Crippen molar-refractivity contribution in [1.29, 1.82) is 0 Å². The third-order valence-corrected chi connectivity index (χ3v) is 4.64. The highest BCUT2D eigenvalue weighted by Gasteiger charge is 2.14. The first-order valence-corrected chi connectivity index (χ1v) is 8.07. The monoisotopic (exact) mass is 270 g/mol. The molecule has 0 spiro atoms. The van der Waals surface area contributed by atoms with Gasteiger partial charge < -0.3 is 10.3 Å². The molecule has 1 aliphatic carbocycles. The fourth-order valence-electron chi connectivity index (χ4n) is 3.30. The van der Waals surface area contributed by atoms with Crippen LogP contribution in [0.4, 0.5) is 0 Å². The van der Waals surface area contributed by atoms with Crippen molar-refractivity contribution in [2.75, 3.05) is 6.54 Å². The highest BCUT2D eigenvalue weighted by Crippen LogP contribution is 2.24. The van der Waals surface area contributed by atoms with E-state index in [1.807, 2.05) is 0 Å². The molecule has 1 aromatic heterocycles. The first-order chi connectivity index (χ1) is 9.74.